The second kappa shape index (κ2) is 6.35. The van der Waals surface area contributed by atoms with E-state index in [2.05, 4.69) is 31.1 Å². The quantitative estimate of drug-likeness (QED) is 0.542. The second-order valence-corrected chi connectivity index (χ2v) is 7.27. The average Bonchev–Trinajstić information content (AvgIpc) is 2.38. The summed E-state index contributed by atoms with van der Waals surface area (Å²) < 4.78 is 33.5. The molecule has 0 aliphatic carbocycles. The minimum Gasteiger partial charge on any atom is -0.378 e. The lowest BCUT2D eigenvalue weighted by atomic mass is 10.1. The van der Waals surface area contributed by atoms with Gasteiger partial charge in [0.15, 0.2) is 5.82 Å². The first kappa shape index (κ1) is 15.6. The standard InChI is InChI=1S/C11H17BrN4O3S/c1-7-4-9(2-3-19-7)16-20(17,18)10-5-8(12)6-14-11(10)15-13/h5-7,9,16H,2-4,13H2,1H3,(H,14,15). The second-order valence-electron chi connectivity index (χ2n) is 4.67. The van der Waals surface area contributed by atoms with Crippen LogP contribution in [0.3, 0.4) is 0 Å². The van der Waals surface area contributed by atoms with Crippen LogP contribution in [0.25, 0.3) is 0 Å². The Balaban J connectivity index is 2.24. The van der Waals surface area contributed by atoms with E-state index in [1.54, 1.807) is 0 Å². The smallest absolute Gasteiger partial charge is 0.244 e. The van der Waals surface area contributed by atoms with Gasteiger partial charge in [0.2, 0.25) is 10.0 Å². The fourth-order valence-corrected chi connectivity index (χ4v) is 4.03. The molecule has 1 aliphatic heterocycles. The lowest BCUT2D eigenvalue weighted by Crippen LogP contribution is -2.41. The Bertz CT molecular complexity index is 581. The molecule has 0 amide bonds. The van der Waals surface area contributed by atoms with E-state index in [0.29, 0.717) is 23.9 Å². The molecular weight excluding hydrogens is 348 g/mol. The highest BCUT2D eigenvalue weighted by molar-refractivity contribution is 9.10. The summed E-state index contributed by atoms with van der Waals surface area (Å²) in [6.07, 6.45) is 2.82. The molecule has 1 aromatic rings. The predicted octanol–water partition coefficient (Wildman–Crippen LogP) is 0.975. The van der Waals surface area contributed by atoms with Gasteiger partial charge in [0, 0.05) is 23.3 Å². The van der Waals surface area contributed by atoms with Gasteiger partial charge >= 0.3 is 0 Å². The molecule has 1 aliphatic rings. The Morgan fingerprint density at radius 1 is 1.55 bits per heavy atom. The number of hydrogen-bond acceptors (Lipinski definition) is 6. The number of pyridine rings is 1. The van der Waals surface area contributed by atoms with Crippen LogP contribution in [0.5, 0.6) is 0 Å². The lowest BCUT2D eigenvalue weighted by Gasteiger charge is -2.27. The summed E-state index contributed by atoms with van der Waals surface area (Å²) in [5.74, 6) is 5.42. The summed E-state index contributed by atoms with van der Waals surface area (Å²) in [5.41, 5.74) is 2.30. The van der Waals surface area contributed by atoms with Crippen molar-refractivity contribution in [3.8, 4) is 0 Å². The van der Waals surface area contributed by atoms with Crippen LogP contribution in [0.1, 0.15) is 19.8 Å². The van der Waals surface area contributed by atoms with Crippen molar-refractivity contribution in [1.29, 1.82) is 0 Å². The number of nitrogens with two attached hydrogens (primary N) is 1. The van der Waals surface area contributed by atoms with Crippen molar-refractivity contribution in [2.24, 2.45) is 5.84 Å². The average molecular weight is 365 g/mol. The van der Waals surface area contributed by atoms with Crippen LogP contribution in [0.4, 0.5) is 5.82 Å². The van der Waals surface area contributed by atoms with Crippen LogP contribution < -0.4 is 16.0 Å². The number of nitrogens with one attached hydrogen (secondary N) is 2. The molecule has 4 N–H and O–H groups in total. The third-order valence-corrected chi connectivity index (χ3v) is 5.02. The first-order valence-electron chi connectivity index (χ1n) is 6.18. The molecule has 0 aromatic carbocycles. The van der Waals surface area contributed by atoms with Gasteiger partial charge < -0.3 is 10.2 Å². The highest BCUT2D eigenvalue weighted by Gasteiger charge is 2.27. The summed E-state index contributed by atoms with van der Waals surface area (Å²) in [6, 6.07) is 1.32. The summed E-state index contributed by atoms with van der Waals surface area (Å²) >= 11 is 3.21. The first-order chi connectivity index (χ1) is 9.42. The number of rotatable bonds is 4. The number of nitrogens with zero attached hydrogens (tertiary/aromatic N) is 1. The molecule has 1 aromatic heterocycles. The van der Waals surface area contributed by atoms with E-state index in [1.807, 2.05) is 6.92 Å². The molecule has 112 valence electrons. The third kappa shape index (κ3) is 3.67. The van der Waals surface area contributed by atoms with Crippen LogP contribution in [0.2, 0.25) is 0 Å². The highest BCUT2D eigenvalue weighted by Crippen LogP contribution is 2.23. The van der Waals surface area contributed by atoms with Crippen LogP contribution >= 0.6 is 15.9 Å². The Kier molecular flexibility index (Phi) is 4.97. The van der Waals surface area contributed by atoms with E-state index in [-0.39, 0.29) is 22.9 Å². The normalized spacial score (nSPS) is 23.6. The van der Waals surface area contributed by atoms with E-state index >= 15 is 0 Å². The fraction of sp³-hybridized carbons (Fsp3) is 0.545. The van der Waals surface area contributed by atoms with Gasteiger partial charge in [-0.25, -0.2) is 24.0 Å². The Morgan fingerprint density at radius 2 is 2.30 bits per heavy atom. The molecular formula is C11H17BrN4O3S. The van der Waals surface area contributed by atoms with E-state index in [1.165, 1.54) is 12.3 Å². The van der Waals surface area contributed by atoms with Crippen LogP contribution in [-0.2, 0) is 14.8 Å². The minimum atomic E-state index is -3.69. The maximum atomic E-state index is 12.4. The number of halogens is 1. The van der Waals surface area contributed by atoms with Crippen molar-refractivity contribution in [3.63, 3.8) is 0 Å². The molecule has 9 heteroatoms. The molecule has 20 heavy (non-hydrogen) atoms. The van der Waals surface area contributed by atoms with E-state index in [0.717, 1.165) is 0 Å². The van der Waals surface area contributed by atoms with Gasteiger partial charge in [-0.2, -0.15) is 0 Å². The van der Waals surface area contributed by atoms with Gasteiger partial charge in [-0.05, 0) is 41.8 Å². The monoisotopic (exact) mass is 364 g/mol. The maximum absolute atomic E-state index is 12.4. The van der Waals surface area contributed by atoms with Crippen molar-refractivity contribution < 1.29 is 13.2 Å². The summed E-state index contributed by atoms with van der Waals surface area (Å²) in [7, 11) is -3.69. The van der Waals surface area contributed by atoms with Crippen LogP contribution in [-0.4, -0.2) is 32.2 Å². The highest BCUT2D eigenvalue weighted by atomic mass is 79.9. The van der Waals surface area contributed by atoms with E-state index in [4.69, 9.17) is 10.6 Å². The molecule has 2 atom stereocenters. The largest absolute Gasteiger partial charge is 0.378 e. The van der Waals surface area contributed by atoms with Crippen LogP contribution in [0, 0.1) is 0 Å². The molecule has 0 radical (unpaired) electrons. The molecule has 0 bridgehead atoms. The molecule has 2 heterocycles. The molecule has 0 spiro atoms. The minimum absolute atomic E-state index is 0.0218. The molecule has 2 rings (SSSR count). The molecule has 1 fully saturated rings. The number of aromatic nitrogens is 1. The Labute approximate surface area is 126 Å². The van der Waals surface area contributed by atoms with Crippen molar-refractivity contribution in [2.45, 2.75) is 36.8 Å². The van der Waals surface area contributed by atoms with Crippen molar-refractivity contribution in [1.82, 2.24) is 9.71 Å². The summed E-state index contributed by atoms with van der Waals surface area (Å²) in [5, 5.41) is 0. The summed E-state index contributed by atoms with van der Waals surface area (Å²) in [6.45, 7) is 2.47. The molecule has 0 saturated carbocycles. The maximum Gasteiger partial charge on any atom is 0.244 e. The SMILES string of the molecule is CC1CC(NS(=O)(=O)c2cc(Br)cnc2NN)CCO1. The Hall–Kier alpha value is -0.740. The number of hydrazine groups is 1. The topological polar surface area (TPSA) is 106 Å². The predicted molar refractivity (Wildman–Crippen MR) is 78.5 cm³/mol. The van der Waals surface area contributed by atoms with Gasteiger partial charge in [-0.3, -0.25) is 0 Å². The van der Waals surface area contributed by atoms with E-state index in [9.17, 15) is 8.42 Å². The van der Waals surface area contributed by atoms with Gasteiger partial charge in [-0.1, -0.05) is 0 Å². The first-order valence-corrected chi connectivity index (χ1v) is 8.46. The summed E-state index contributed by atoms with van der Waals surface area (Å²) in [4.78, 5) is 3.97. The van der Waals surface area contributed by atoms with Crippen molar-refractivity contribution >= 4 is 31.8 Å². The van der Waals surface area contributed by atoms with Crippen molar-refractivity contribution in [2.75, 3.05) is 12.0 Å². The fourth-order valence-electron chi connectivity index (χ4n) is 2.12. The number of nitrogen functional groups attached to an aromatic ring is 1. The van der Waals surface area contributed by atoms with Gasteiger partial charge in [-0.15, -0.1) is 0 Å². The lowest BCUT2D eigenvalue weighted by molar-refractivity contribution is 0.0173. The van der Waals surface area contributed by atoms with Gasteiger partial charge in [0.25, 0.3) is 0 Å². The van der Waals surface area contributed by atoms with E-state index < -0.39 is 10.0 Å². The number of sulfonamides is 1. The number of anilines is 1. The zero-order valence-corrected chi connectivity index (χ0v) is 13.4. The van der Waals surface area contributed by atoms with Crippen LogP contribution in [0.15, 0.2) is 21.6 Å². The zero-order chi connectivity index (χ0) is 14.8. The van der Waals surface area contributed by atoms with Crippen molar-refractivity contribution in [3.05, 3.63) is 16.7 Å². The molecule has 7 nitrogen and oxygen atoms in total. The third-order valence-electron chi connectivity index (χ3n) is 3.05. The van der Waals surface area contributed by atoms with Gasteiger partial charge in [0.05, 0.1) is 6.10 Å². The zero-order valence-electron chi connectivity index (χ0n) is 11.0. The number of ether oxygens (including phenoxy) is 1. The molecule has 1 saturated heterocycles. The van der Waals surface area contributed by atoms with Gasteiger partial charge in [0.1, 0.15) is 4.90 Å². The number of hydrogen-bond donors (Lipinski definition) is 3. The molecule has 2 unspecified atom stereocenters. The Morgan fingerprint density at radius 3 is 2.95 bits per heavy atom.